The third-order valence-electron chi connectivity index (χ3n) is 3.18. The number of imidazole rings is 1. The number of carbonyl (C=O) groups is 1. The number of aryl methyl sites for hydroxylation is 1. The number of Topliss-reactive ketones (excluding diaryl/α,β-unsaturated/α-hetero) is 1. The highest BCUT2D eigenvalue weighted by Gasteiger charge is 2.32. The first-order valence-corrected chi connectivity index (χ1v) is 5.40. The Morgan fingerprint density at radius 3 is 2.80 bits per heavy atom. The minimum atomic E-state index is -0.275. The Balaban J connectivity index is 2.07. The van der Waals surface area contributed by atoms with Crippen LogP contribution in [0.3, 0.4) is 0 Å². The molecule has 0 aromatic carbocycles. The number of hydrogen-bond acceptors (Lipinski definition) is 3. The zero-order chi connectivity index (χ0) is 10.9. The maximum atomic E-state index is 11.9. The van der Waals surface area contributed by atoms with E-state index in [1.165, 1.54) is 0 Å². The van der Waals surface area contributed by atoms with Crippen LogP contribution in [0.15, 0.2) is 12.4 Å². The van der Waals surface area contributed by atoms with Gasteiger partial charge in [-0.05, 0) is 12.8 Å². The standard InChI is InChI=1S/C11H17N3O/c1-14-7-6-13-10(14)9(15)8-11(12)4-2-3-5-11/h6-7H,2-5,8,12H2,1H3. The van der Waals surface area contributed by atoms with Crippen molar-refractivity contribution in [3.8, 4) is 0 Å². The van der Waals surface area contributed by atoms with Crippen LogP contribution in [0.5, 0.6) is 0 Å². The van der Waals surface area contributed by atoms with Crippen molar-refractivity contribution >= 4 is 5.78 Å². The number of ketones is 1. The maximum Gasteiger partial charge on any atom is 0.200 e. The van der Waals surface area contributed by atoms with Crippen molar-refractivity contribution in [2.75, 3.05) is 0 Å². The molecule has 4 nitrogen and oxygen atoms in total. The zero-order valence-electron chi connectivity index (χ0n) is 9.07. The first-order valence-electron chi connectivity index (χ1n) is 5.40. The van der Waals surface area contributed by atoms with Gasteiger partial charge in [-0.15, -0.1) is 0 Å². The monoisotopic (exact) mass is 207 g/mol. The van der Waals surface area contributed by atoms with Crippen LogP contribution in [0, 0.1) is 0 Å². The van der Waals surface area contributed by atoms with Crippen molar-refractivity contribution in [3.05, 3.63) is 18.2 Å². The number of carbonyl (C=O) groups excluding carboxylic acids is 1. The predicted molar refractivity (Wildman–Crippen MR) is 57.5 cm³/mol. The highest BCUT2D eigenvalue weighted by molar-refractivity contribution is 5.93. The summed E-state index contributed by atoms with van der Waals surface area (Å²) < 4.78 is 1.75. The summed E-state index contributed by atoms with van der Waals surface area (Å²) in [6.45, 7) is 0. The van der Waals surface area contributed by atoms with Gasteiger partial charge in [-0.1, -0.05) is 12.8 Å². The Bertz CT molecular complexity index is 364. The smallest absolute Gasteiger partial charge is 0.200 e. The van der Waals surface area contributed by atoms with Gasteiger partial charge < -0.3 is 10.3 Å². The molecule has 1 fully saturated rings. The Kier molecular flexibility index (Phi) is 2.61. The fraction of sp³-hybridized carbons (Fsp3) is 0.636. The van der Waals surface area contributed by atoms with E-state index in [1.54, 1.807) is 17.0 Å². The van der Waals surface area contributed by atoms with Gasteiger partial charge in [0.05, 0.1) is 0 Å². The molecule has 1 saturated carbocycles. The van der Waals surface area contributed by atoms with E-state index in [4.69, 9.17) is 5.73 Å². The number of aromatic nitrogens is 2. The predicted octanol–water partition coefficient (Wildman–Crippen LogP) is 1.26. The molecular weight excluding hydrogens is 190 g/mol. The molecule has 2 rings (SSSR count). The summed E-state index contributed by atoms with van der Waals surface area (Å²) in [6.07, 6.45) is 8.06. The fourth-order valence-electron chi connectivity index (χ4n) is 2.29. The van der Waals surface area contributed by atoms with Gasteiger partial charge in [0.15, 0.2) is 11.6 Å². The van der Waals surface area contributed by atoms with E-state index in [0.717, 1.165) is 25.7 Å². The van der Waals surface area contributed by atoms with E-state index in [9.17, 15) is 4.79 Å². The van der Waals surface area contributed by atoms with Crippen molar-refractivity contribution in [1.29, 1.82) is 0 Å². The molecule has 2 N–H and O–H groups in total. The zero-order valence-corrected chi connectivity index (χ0v) is 9.07. The Morgan fingerprint density at radius 2 is 2.27 bits per heavy atom. The molecule has 1 aromatic heterocycles. The summed E-state index contributed by atoms with van der Waals surface area (Å²) in [6, 6.07) is 0. The Morgan fingerprint density at radius 1 is 1.60 bits per heavy atom. The molecule has 1 aliphatic carbocycles. The van der Waals surface area contributed by atoms with E-state index in [-0.39, 0.29) is 11.3 Å². The Labute approximate surface area is 89.5 Å². The molecule has 0 unspecified atom stereocenters. The molecule has 0 saturated heterocycles. The van der Waals surface area contributed by atoms with Crippen LogP contribution in [0.25, 0.3) is 0 Å². The van der Waals surface area contributed by atoms with Crippen LogP contribution in [-0.4, -0.2) is 20.9 Å². The molecule has 82 valence electrons. The number of nitrogens with zero attached hydrogens (tertiary/aromatic N) is 2. The van der Waals surface area contributed by atoms with E-state index in [1.807, 2.05) is 7.05 Å². The molecule has 0 radical (unpaired) electrons. The van der Waals surface area contributed by atoms with Crippen LogP contribution in [-0.2, 0) is 7.05 Å². The summed E-state index contributed by atoms with van der Waals surface area (Å²) in [5.74, 6) is 0.582. The fourth-order valence-corrected chi connectivity index (χ4v) is 2.29. The molecule has 15 heavy (non-hydrogen) atoms. The highest BCUT2D eigenvalue weighted by atomic mass is 16.1. The van der Waals surface area contributed by atoms with Gasteiger partial charge in [0.2, 0.25) is 0 Å². The summed E-state index contributed by atoms with van der Waals surface area (Å²) in [4.78, 5) is 16.0. The second kappa shape index (κ2) is 3.77. The van der Waals surface area contributed by atoms with E-state index < -0.39 is 0 Å². The quantitative estimate of drug-likeness (QED) is 0.759. The van der Waals surface area contributed by atoms with Gasteiger partial charge in [0.25, 0.3) is 0 Å². The first kappa shape index (κ1) is 10.4. The molecule has 0 atom stereocenters. The molecule has 4 heteroatoms. The van der Waals surface area contributed by atoms with Crippen molar-refractivity contribution in [3.63, 3.8) is 0 Å². The van der Waals surface area contributed by atoms with Crippen molar-refractivity contribution < 1.29 is 4.79 Å². The maximum absolute atomic E-state index is 11.9. The normalized spacial score (nSPS) is 19.3. The summed E-state index contributed by atoms with van der Waals surface area (Å²) in [5.41, 5.74) is 5.88. The van der Waals surface area contributed by atoms with Gasteiger partial charge in [-0.25, -0.2) is 4.98 Å². The topological polar surface area (TPSA) is 60.9 Å². The molecular formula is C11H17N3O. The largest absolute Gasteiger partial charge is 0.332 e. The second-order valence-corrected chi connectivity index (χ2v) is 4.53. The molecule has 0 aliphatic heterocycles. The molecule has 0 bridgehead atoms. The van der Waals surface area contributed by atoms with Crippen molar-refractivity contribution in [1.82, 2.24) is 9.55 Å². The lowest BCUT2D eigenvalue weighted by molar-refractivity contribution is 0.0939. The lowest BCUT2D eigenvalue weighted by atomic mass is 9.92. The molecule has 1 heterocycles. The third-order valence-corrected chi connectivity index (χ3v) is 3.18. The molecule has 0 spiro atoms. The van der Waals surface area contributed by atoms with Gasteiger partial charge in [-0.2, -0.15) is 0 Å². The summed E-state index contributed by atoms with van der Waals surface area (Å²) >= 11 is 0. The number of rotatable bonds is 3. The van der Waals surface area contributed by atoms with Crippen LogP contribution >= 0.6 is 0 Å². The molecule has 0 amide bonds. The summed E-state index contributed by atoms with van der Waals surface area (Å²) in [5, 5.41) is 0. The lowest BCUT2D eigenvalue weighted by Gasteiger charge is -2.21. The van der Waals surface area contributed by atoms with Crippen molar-refractivity contribution in [2.45, 2.75) is 37.6 Å². The van der Waals surface area contributed by atoms with Gasteiger partial charge >= 0.3 is 0 Å². The minimum Gasteiger partial charge on any atom is -0.332 e. The average Bonchev–Trinajstić information content (AvgIpc) is 2.74. The number of hydrogen-bond donors (Lipinski definition) is 1. The first-order chi connectivity index (χ1) is 7.11. The van der Waals surface area contributed by atoms with Crippen LogP contribution in [0.4, 0.5) is 0 Å². The minimum absolute atomic E-state index is 0.0619. The van der Waals surface area contributed by atoms with Gasteiger partial charge in [-0.3, -0.25) is 4.79 Å². The molecule has 1 aliphatic rings. The van der Waals surface area contributed by atoms with E-state index in [2.05, 4.69) is 4.98 Å². The second-order valence-electron chi connectivity index (χ2n) is 4.53. The van der Waals surface area contributed by atoms with E-state index in [0.29, 0.717) is 12.2 Å². The van der Waals surface area contributed by atoms with E-state index >= 15 is 0 Å². The van der Waals surface area contributed by atoms with Gasteiger partial charge in [0, 0.05) is 31.4 Å². The number of nitrogens with two attached hydrogens (primary N) is 1. The third kappa shape index (κ3) is 2.09. The summed E-state index contributed by atoms with van der Waals surface area (Å²) in [7, 11) is 1.83. The van der Waals surface area contributed by atoms with Crippen LogP contribution in [0.2, 0.25) is 0 Å². The lowest BCUT2D eigenvalue weighted by Crippen LogP contribution is -2.39. The van der Waals surface area contributed by atoms with Crippen LogP contribution < -0.4 is 5.73 Å². The van der Waals surface area contributed by atoms with Crippen molar-refractivity contribution in [2.24, 2.45) is 12.8 Å². The average molecular weight is 207 g/mol. The van der Waals surface area contributed by atoms with Crippen LogP contribution in [0.1, 0.15) is 42.7 Å². The molecule has 1 aromatic rings. The Hall–Kier alpha value is -1.16. The van der Waals surface area contributed by atoms with Gasteiger partial charge in [0.1, 0.15) is 0 Å². The SMILES string of the molecule is Cn1ccnc1C(=O)CC1(N)CCCC1. The highest BCUT2D eigenvalue weighted by Crippen LogP contribution is 2.30.